The van der Waals surface area contributed by atoms with Gasteiger partial charge in [-0.2, -0.15) is 5.01 Å². The molecule has 2 aliphatic rings. The molecule has 7 heteroatoms. The highest BCUT2D eigenvalue weighted by Gasteiger charge is 2.72. The monoisotopic (exact) mass is 274 g/mol. The zero-order chi connectivity index (χ0) is 14.5. The number of hydrogen-bond acceptors (Lipinski definition) is 4. The third-order valence-electron chi connectivity index (χ3n) is 3.98. The van der Waals surface area contributed by atoms with Crippen LogP contribution in [0.5, 0.6) is 0 Å². The smallest absolute Gasteiger partial charge is 0.321 e. The second-order valence-electron chi connectivity index (χ2n) is 5.71. The van der Waals surface area contributed by atoms with E-state index < -0.39 is 23.4 Å². The summed E-state index contributed by atoms with van der Waals surface area (Å²) < 4.78 is 0. The predicted octanol–water partition coefficient (Wildman–Crippen LogP) is 0.447. The largest absolute Gasteiger partial charge is 0.344 e. The first-order valence-electron chi connectivity index (χ1n) is 6.25. The van der Waals surface area contributed by atoms with E-state index in [1.807, 2.05) is 13.8 Å². The van der Waals surface area contributed by atoms with Gasteiger partial charge in [-0.15, -0.1) is 0 Å². The Kier molecular flexibility index (Phi) is 2.38. The van der Waals surface area contributed by atoms with E-state index in [0.29, 0.717) is 12.0 Å². The molecule has 1 aliphatic carbocycles. The number of hydrazine groups is 1. The molecule has 3 rings (SSSR count). The van der Waals surface area contributed by atoms with Crippen molar-refractivity contribution < 1.29 is 14.4 Å². The lowest BCUT2D eigenvalue weighted by molar-refractivity contribution is -0.130. The molecule has 4 amide bonds. The maximum Gasteiger partial charge on any atom is 0.344 e. The first-order valence-corrected chi connectivity index (χ1v) is 6.25. The number of nitrogens with zero attached hydrogens (tertiary/aromatic N) is 2. The van der Waals surface area contributed by atoms with Crippen LogP contribution in [0.1, 0.15) is 30.6 Å². The van der Waals surface area contributed by atoms with Crippen LogP contribution < -0.4 is 10.7 Å². The SMILES string of the molecule is CC1(C)CC12NC(=O)N(NC(=O)c1ccncc1)C2=O. The molecule has 1 aliphatic heterocycles. The molecule has 0 bridgehead atoms. The standard InChI is InChI=1S/C13H14N4O3/c1-12(2)7-13(12)10(19)17(11(20)15-13)16-9(18)8-3-5-14-6-4-8/h3-6H,7H2,1-2H3,(H,15,20)(H,16,18). The predicted molar refractivity (Wildman–Crippen MR) is 68.2 cm³/mol. The average Bonchev–Trinajstić information content (AvgIpc) is 2.89. The van der Waals surface area contributed by atoms with Crippen molar-refractivity contribution in [3.8, 4) is 0 Å². The van der Waals surface area contributed by atoms with Gasteiger partial charge in [-0.05, 0) is 24.0 Å². The summed E-state index contributed by atoms with van der Waals surface area (Å²) in [7, 11) is 0. The zero-order valence-electron chi connectivity index (χ0n) is 11.1. The van der Waals surface area contributed by atoms with Crippen molar-refractivity contribution in [2.75, 3.05) is 0 Å². The van der Waals surface area contributed by atoms with Crippen LogP contribution in [0.25, 0.3) is 0 Å². The molecule has 1 aromatic heterocycles. The molecule has 1 unspecified atom stereocenters. The second kappa shape index (κ2) is 3.78. The molecule has 104 valence electrons. The number of nitrogens with one attached hydrogen (secondary N) is 2. The summed E-state index contributed by atoms with van der Waals surface area (Å²) in [5, 5.41) is 3.42. The molecule has 0 radical (unpaired) electrons. The number of carbonyl (C=O) groups is 3. The summed E-state index contributed by atoms with van der Waals surface area (Å²) in [4.78, 5) is 39.9. The Hall–Kier alpha value is -2.44. The van der Waals surface area contributed by atoms with Gasteiger partial charge in [0.2, 0.25) is 0 Å². The molecule has 1 saturated carbocycles. The van der Waals surface area contributed by atoms with Gasteiger partial charge >= 0.3 is 6.03 Å². The van der Waals surface area contributed by atoms with Gasteiger partial charge in [-0.25, -0.2) is 4.79 Å². The van der Waals surface area contributed by atoms with E-state index in [1.54, 1.807) is 0 Å². The molecule has 1 saturated heterocycles. The van der Waals surface area contributed by atoms with Gasteiger partial charge in [-0.3, -0.25) is 20.0 Å². The van der Waals surface area contributed by atoms with Crippen molar-refractivity contribution in [3.63, 3.8) is 0 Å². The fraction of sp³-hybridized carbons (Fsp3) is 0.385. The number of rotatable bonds is 2. The number of pyridine rings is 1. The molecule has 2 heterocycles. The Balaban J connectivity index is 1.78. The molecular formula is C13H14N4O3. The molecule has 1 spiro atoms. The highest BCUT2D eigenvalue weighted by Crippen LogP contribution is 2.58. The van der Waals surface area contributed by atoms with Crippen LogP contribution in [-0.2, 0) is 4.79 Å². The molecule has 2 fully saturated rings. The van der Waals surface area contributed by atoms with Crippen molar-refractivity contribution in [1.82, 2.24) is 20.7 Å². The Morgan fingerprint density at radius 2 is 1.95 bits per heavy atom. The summed E-state index contributed by atoms with van der Waals surface area (Å²) >= 11 is 0. The molecular weight excluding hydrogens is 260 g/mol. The molecule has 2 N–H and O–H groups in total. The van der Waals surface area contributed by atoms with Gasteiger partial charge < -0.3 is 5.32 Å². The summed E-state index contributed by atoms with van der Waals surface area (Å²) in [5.41, 5.74) is 1.52. The van der Waals surface area contributed by atoms with E-state index >= 15 is 0 Å². The maximum atomic E-state index is 12.3. The third kappa shape index (κ3) is 1.59. The zero-order valence-corrected chi connectivity index (χ0v) is 11.1. The van der Waals surface area contributed by atoms with E-state index in [4.69, 9.17) is 0 Å². The van der Waals surface area contributed by atoms with E-state index in [0.717, 1.165) is 5.01 Å². The summed E-state index contributed by atoms with van der Waals surface area (Å²) in [6.45, 7) is 3.80. The third-order valence-corrected chi connectivity index (χ3v) is 3.98. The quantitative estimate of drug-likeness (QED) is 0.766. The van der Waals surface area contributed by atoms with Crippen molar-refractivity contribution in [2.24, 2.45) is 5.41 Å². The fourth-order valence-corrected chi connectivity index (χ4v) is 2.54. The van der Waals surface area contributed by atoms with Crippen molar-refractivity contribution in [2.45, 2.75) is 25.8 Å². The van der Waals surface area contributed by atoms with Crippen molar-refractivity contribution >= 4 is 17.8 Å². The van der Waals surface area contributed by atoms with Gasteiger partial charge in [0.1, 0.15) is 5.54 Å². The van der Waals surface area contributed by atoms with Crippen LogP contribution in [0.3, 0.4) is 0 Å². The normalized spacial score (nSPS) is 26.6. The van der Waals surface area contributed by atoms with Crippen LogP contribution in [0, 0.1) is 5.41 Å². The number of urea groups is 1. The molecule has 1 atom stereocenters. The number of imide groups is 1. The number of aromatic nitrogens is 1. The highest BCUT2D eigenvalue weighted by molar-refractivity contribution is 6.11. The van der Waals surface area contributed by atoms with Crippen molar-refractivity contribution in [1.29, 1.82) is 0 Å². The average molecular weight is 274 g/mol. The summed E-state index contributed by atoms with van der Waals surface area (Å²) in [6.07, 6.45) is 3.50. The molecule has 7 nitrogen and oxygen atoms in total. The second-order valence-corrected chi connectivity index (χ2v) is 5.71. The lowest BCUT2D eigenvalue weighted by Crippen LogP contribution is -2.47. The Bertz CT molecular complexity index is 613. The van der Waals surface area contributed by atoms with Crippen LogP contribution in [0.4, 0.5) is 4.79 Å². The van der Waals surface area contributed by atoms with E-state index in [9.17, 15) is 14.4 Å². The van der Waals surface area contributed by atoms with E-state index in [2.05, 4.69) is 15.7 Å². The van der Waals surface area contributed by atoms with Gasteiger partial charge in [0.25, 0.3) is 11.8 Å². The molecule has 20 heavy (non-hydrogen) atoms. The lowest BCUT2D eigenvalue weighted by atomic mass is 10.1. The Morgan fingerprint density at radius 1 is 1.35 bits per heavy atom. The van der Waals surface area contributed by atoms with E-state index in [1.165, 1.54) is 24.5 Å². The van der Waals surface area contributed by atoms with E-state index in [-0.39, 0.29) is 5.41 Å². The summed E-state index contributed by atoms with van der Waals surface area (Å²) in [6, 6.07) is 2.41. The number of hydrogen-bond donors (Lipinski definition) is 2. The summed E-state index contributed by atoms with van der Waals surface area (Å²) in [5.74, 6) is -0.929. The number of carbonyl (C=O) groups excluding carboxylic acids is 3. The van der Waals surface area contributed by atoms with Gasteiger partial charge in [0, 0.05) is 18.0 Å². The highest BCUT2D eigenvalue weighted by atomic mass is 16.2. The van der Waals surface area contributed by atoms with Gasteiger partial charge in [-0.1, -0.05) is 13.8 Å². The number of amides is 4. The minimum absolute atomic E-state index is 0.282. The maximum absolute atomic E-state index is 12.3. The molecule has 0 aromatic carbocycles. The first-order chi connectivity index (χ1) is 9.37. The minimum atomic E-state index is -0.865. The van der Waals surface area contributed by atoms with Crippen molar-refractivity contribution in [3.05, 3.63) is 30.1 Å². The van der Waals surface area contributed by atoms with Crippen LogP contribution in [0.2, 0.25) is 0 Å². The van der Waals surface area contributed by atoms with Crippen LogP contribution in [0.15, 0.2) is 24.5 Å². The van der Waals surface area contributed by atoms with Gasteiger partial charge in [0.05, 0.1) is 0 Å². The minimum Gasteiger partial charge on any atom is -0.321 e. The van der Waals surface area contributed by atoms with Gasteiger partial charge in [0.15, 0.2) is 0 Å². The van der Waals surface area contributed by atoms with Crippen LogP contribution in [-0.4, -0.2) is 33.4 Å². The lowest BCUT2D eigenvalue weighted by Gasteiger charge is -2.15. The first kappa shape index (κ1) is 12.6. The Morgan fingerprint density at radius 3 is 2.45 bits per heavy atom. The Labute approximate surface area is 115 Å². The topological polar surface area (TPSA) is 91.4 Å². The van der Waals surface area contributed by atoms with Crippen LogP contribution >= 0.6 is 0 Å². The fourth-order valence-electron chi connectivity index (χ4n) is 2.54. The molecule has 1 aromatic rings.